The molecule has 0 fully saturated rings. The van der Waals surface area contributed by atoms with Crippen molar-refractivity contribution in [3.63, 3.8) is 0 Å². The minimum absolute atomic E-state index is 0.0268. The Bertz CT molecular complexity index is 1160. The number of benzene rings is 2. The number of Topliss-reactive ketones (excluding diaryl/α,β-unsaturated/α-hetero) is 1. The van der Waals surface area contributed by atoms with Crippen LogP contribution in [0.2, 0.25) is 0 Å². The third kappa shape index (κ3) is 3.34. The first-order valence-electron chi connectivity index (χ1n) is 9.89. The molecule has 0 saturated carbocycles. The molecule has 1 aliphatic rings. The number of fused-ring (bicyclic) bond motifs is 2. The molecule has 0 aliphatic heterocycles. The first-order chi connectivity index (χ1) is 14.4. The number of ketones is 3. The van der Waals surface area contributed by atoms with Crippen molar-refractivity contribution >= 4 is 17.3 Å². The van der Waals surface area contributed by atoms with Gasteiger partial charge in [-0.1, -0.05) is 38.1 Å². The number of aromatic nitrogens is 2. The van der Waals surface area contributed by atoms with Gasteiger partial charge in [0.25, 0.3) is 0 Å². The number of carbonyl (C=O) groups is 3. The second-order valence-electron chi connectivity index (χ2n) is 7.84. The van der Waals surface area contributed by atoms with Crippen LogP contribution in [0.25, 0.3) is 0 Å². The summed E-state index contributed by atoms with van der Waals surface area (Å²) >= 11 is 0. The van der Waals surface area contributed by atoms with Crippen LogP contribution in [-0.2, 0) is 13.1 Å². The van der Waals surface area contributed by atoms with Crippen LogP contribution in [0.15, 0.2) is 54.9 Å². The molecule has 0 unspecified atom stereocenters. The van der Waals surface area contributed by atoms with Crippen LogP contribution < -0.4 is 9.30 Å². The smallest absolute Gasteiger partial charge is 0.245 e. The average Bonchev–Trinajstić information content (AvgIpc) is 3.09. The van der Waals surface area contributed by atoms with Gasteiger partial charge in [-0.2, -0.15) is 0 Å². The lowest BCUT2D eigenvalue weighted by Crippen LogP contribution is -2.43. The summed E-state index contributed by atoms with van der Waals surface area (Å²) in [7, 11) is 1.57. The van der Waals surface area contributed by atoms with Crippen LogP contribution in [-0.4, -0.2) is 29.0 Å². The summed E-state index contributed by atoms with van der Waals surface area (Å²) in [6.45, 7) is 4.64. The number of methoxy groups -OCH3 is 1. The molecule has 152 valence electrons. The van der Waals surface area contributed by atoms with E-state index >= 15 is 0 Å². The largest absolute Gasteiger partial charge is 0.497 e. The van der Waals surface area contributed by atoms with E-state index in [-0.39, 0.29) is 35.5 Å². The molecule has 0 spiro atoms. The van der Waals surface area contributed by atoms with E-state index in [4.69, 9.17) is 4.74 Å². The van der Waals surface area contributed by atoms with E-state index in [1.165, 1.54) is 0 Å². The predicted molar refractivity (Wildman–Crippen MR) is 110 cm³/mol. The van der Waals surface area contributed by atoms with E-state index < -0.39 is 0 Å². The van der Waals surface area contributed by atoms with Crippen molar-refractivity contribution in [2.75, 3.05) is 7.11 Å². The highest BCUT2D eigenvalue weighted by molar-refractivity contribution is 6.26. The highest BCUT2D eigenvalue weighted by atomic mass is 16.5. The number of imidazole rings is 1. The number of hydrogen-bond donors (Lipinski definition) is 0. The third-order valence-electron chi connectivity index (χ3n) is 5.21. The summed E-state index contributed by atoms with van der Waals surface area (Å²) in [5.74, 6) is 0.373. The van der Waals surface area contributed by atoms with E-state index in [2.05, 4.69) is 0 Å². The number of rotatable bonds is 6. The van der Waals surface area contributed by atoms with Crippen LogP contribution in [0.3, 0.4) is 0 Å². The molecule has 30 heavy (non-hydrogen) atoms. The van der Waals surface area contributed by atoms with Crippen LogP contribution in [0.1, 0.15) is 56.3 Å². The van der Waals surface area contributed by atoms with E-state index in [9.17, 15) is 14.4 Å². The standard InChI is InChI=1S/C24H23N2O4/c1-15(2)12-25-14-26(13-20(27)16-8-10-17(30-3)11-9-16)22-21(25)23(28)18-6-4-5-7-19(18)24(22)29/h4-11,14-15H,12-13H2,1-3H3/q+1. The number of carbonyl (C=O) groups excluding carboxylic acids is 3. The van der Waals surface area contributed by atoms with Crippen LogP contribution >= 0.6 is 0 Å². The first kappa shape index (κ1) is 19.8. The summed E-state index contributed by atoms with van der Waals surface area (Å²) in [4.78, 5) is 39.4. The van der Waals surface area contributed by atoms with Gasteiger partial charge in [0.2, 0.25) is 35.1 Å². The predicted octanol–water partition coefficient (Wildman–Crippen LogP) is 3.10. The minimum Gasteiger partial charge on any atom is -0.497 e. The van der Waals surface area contributed by atoms with Gasteiger partial charge in [0.1, 0.15) is 5.75 Å². The summed E-state index contributed by atoms with van der Waals surface area (Å²) < 4.78 is 8.55. The van der Waals surface area contributed by atoms with Gasteiger partial charge in [-0.3, -0.25) is 14.4 Å². The van der Waals surface area contributed by atoms with Gasteiger partial charge in [-0.15, -0.1) is 0 Å². The van der Waals surface area contributed by atoms with Crippen LogP contribution in [0, 0.1) is 5.92 Å². The summed E-state index contributed by atoms with van der Waals surface area (Å²) in [6.07, 6.45) is 1.72. The van der Waals surface area contributed by atoms with E-state index in [0.29, 0.717) is 34.7 Å². The molecule has 4 rings (SSSR count). The molecule has 0 atom stereocenters. The van der Waals surface area contributed by atoms with Crippen LogP contribution in [0.5, 0.6) is 5.75 Å². The second kappa shape index (κ2) is 7.71. The number of hydrogen-bond acceptors (Lipinski definition) is 4. The SMILES string of the molecule is COc1ccc(C(=O)C[n+]2cn(CC(C)C)c3c2C(=O)c2ccccc2C3=O)cc1. The molecule has 0 N–H and O–H groups in total. The highest BCUT2D eigenvalue weighted by Crippen LogP contribution is 2.26. The van der Waals surface area contributed by atoms with Crippen molar-refractivity contribution in [3.8, 4) is 5.75 Å². The molecule has 1 aliphatic carbocycles. The highest BCUT2D eigenvalue weighted by Gasteiger charge is 2.41. The lowest BCUT2D eigenvalue weighted by atomic mass is 9.89. The van der Waals surface area contributed by atoms with Gasteiger partial charge < -0.3 is 4.74 Å². The summed E-state index contributed by atoms with van der Waals surface area (Å²) in [5.41, 5.74) is 1.94. The van der Waals surface area contributed by atoms with Crippen LogP contribution in [0.4, 0.5) is 0 Å². The molecule has 0 amide bonds. The van der Waals surface area contributed by atoms with E-state index in [1.807, 2.05) is 13.8 Å². The molecule has 1 heterocycles. The van der Waals surface area contributed by atoms with E-state index in [0.717, 1.165) is 0 Å². The van der Waals surface area contributed by atoms with Crippen molar-refractivity contribution in [3.05, 3.63) is 82.9 Å². The first-order valence-corrected chi connectivity index (χ1v) is 9.89. The topological polar surface area (TPSA) is 69.2 Å². The Morgan fingerprint density at radius 1 is 1.00 bits per heavy atom. The molecule has 0 radical (unpaired) electrons. The van der Waals surface area contributed by atoms with Crippen molar-refractivity contribution in [1.82, 2.24) is 4.57 Å². The lowest BCUT2D eigenvalue weighted by Gasteiger charge is -2.13. The normalized spacial score (nSPS) is 12.7. The van der Waals surface area contributed by atoms with Crippen molar-refractivity contribution in [2.24, 2.45) is 5.92 Å². The Morgan fingerprint density at radius 2 is 1.63 bits per heavy atom. The zero-order chi connectivity index (χ0) is 21.4. The lowest BCUT2D eigenvalue weighted by molar-refractivity contribution is -0.684. The third-order valence-corrected chi connectivity index (χ3v) is 5.21. The Morgan fingerprint density at radius 3 is 2.23 bits per heavy atom. The Balaban J connectivity index is 1.77. The number of ether oxygens (including phenoxy) is 1. The fourth-order valence-corrected chi connectivity index (χ4v) is 3.84. The van der Waals surface area contributed by atoms with Gasteiger partial charge in [-0.05, 0) is 30.2 Å². The van der Waals surface area contributed by atoms with Crippen molar-refractivity contribution in [2.45, 2.75) is 26.9 Å². The Labute approximate surface area is 174 Å². The van der Waals surface area contributed by atoms with Crippen molar-refractivity contribution in [1.29, 1.82) is 0 Å². The van der Waals surface area contributed by atoms with Crippen molar-refractivity contribution < 1.29 is 23.7 Å². The fourth-order valence-electron chi connectivity index (χ4n) is 3.84. The molecule has 1 aromatic heterocycles. The van der Waals surface area contributed by atoms with Gasteiger partial charge in [0.15, 0.2) is 6.54 Å². The fraction of sp³-hybridized carbons (Fsp3) is 0.250. The number of nitrogens with zero attached hydrogens (tertiary/aromatic N) is 2. The maximum atomic E-state index is 13.3. The maximum Gasteiger partial charge on any atom is 0.245 e. The van der Waals surface area contributed by atoms with Gasteiger partial charge in [-0.25, -0.2) is 9.13 Å². The average molecular weight is 403 g/mol. The van der Waals surface area contributed by atoms with E-state index in [1.54, 1.807) is 71.1 Å². The molecule has 6 heteroatoms. The molecular formula is C24H23N2O4+. The van der Waals surface area contributed by atoms with Gasteiger partial charge in [0.05, 0.1) is 13.7 Å². The minimum atomic E-state index is -0.231. The monoisotopic (exact) mass is 403 g/mol. The molecule has 0 saturated heterocycles. The molecular weight excluding hydrogens is 380 g/mol. The van der Waals surface area contributed by atoms with Gasteiger partial charge in [0, 0.05) is 16.7 Å². The Hall–Kier alpha value is -3.54. The molecule has 6 nitrogen and oxygen atoms in total. The summed E-state index contributed by atoms with van der Waals surface area (Å²) in [6, 6.07) is 13.7. The zero-order valence-electron chi connectivity index (χ0n) is 17.2. The zero-order valence-corrected chi connectivity index (χ0v) is 17.2. The quantitative estimate of drug-likeness (QED) is 0.366. The summed E-state index contributed by atoms with van der Waals surface area (Å²) in [5, 5.41) is 0. The molecule has 2 aromatic carbocycles. The second-order valence-corrected chi connectivity index (χ2v) is 7.84. The Kier molecular flexibility index (Phi) is 5.08. The maximum absolute atomic E-state index is 13.3. The molecule has 0 bridgehead atoms. The molecule has 3 aromatic rings. The van der Waals surface area contributed by atoms with Gasteiger partial charge >= 0.3 is 0 Å².